The molecule has 5 heteroatoms. The molecule has 0 amide bonds. The Morgan fingerprint density at radius 2 is 2.07 bits per heavy atom. The number of aliphatic hydroxyl groups is 1. The number of nitrogens with zero attached hydrogens (tertiary/aromatic N) is 2. The molecule has 4 N–H and O–H groups in total. The van der Waals surface area contributed by atoms with E-state index in [1.54, 1.807) is 0 Å². The van der Waals surface area contributed by atoms with Crippen molar-refractivity contribution in [2.45, 2.75) is 45.2 Å². The van der Waals surface area contributed by atoms with Gasteiger partial charge in [-0.3, -0.25) is 4.90 Å². The molecule has 0 heterocycles. The minimum atomic E-state index is -0.295. The fraction of sp³-hybridized carbons (Fsp3) is 0.900. The monoisotopic (exact) mass is 217 g/mol. The highest BCUT2D eigenvalue weighted by Gasteiger charge is 2.28. The van der Waals surface area contributed by atoms with Crippen molar-refractivity contribution in [3.8, 4) is 0 Å². The van der Waals surface area contributed by atoms with Gasteiger partial charge in [-0.05, 0) is 27.3 Å². The maximum Gasteiger partial charge on any atom is 0.140 e. The lowest BCUT2D eigenvalue weighted by Crippen LogP contribution is -2.50. The Bertz CT molecular complexity index is 217. The van der Waals surface area contributed by atoms with Gasteiger partial charge < -0.3 is 16.0 Å². The summed E-state index contributed by atoms with van der Waals surface area (Å²) in [5.74, 6) is 0.224. The van der Waals surface area contributed by atoms with E-state index in [0.717, 1.165) is 6.42 Å². The van der Waals surface area contributed by atoms with E-state index < -0.39 is 0 Å². The van der Waals surface area contributed by atoms with Crippen LogP contribution in [0.3, 0.4) is 0 Å². The molecule has 15 heavy (non-hydrogen) atoms. The lowest BCUT2D eigenvalue weighted by Gasteiger charge is -2.39. The average molecular weight is 217 g/mol. The predicted molar refractivity (Wildman–Crippen MR) is 61.0 cm³/mol. The molecule has 0 spiro atoms. The average Bonchev–Trinajstić information content (AvgIpc) is 2.24. The summed E-state index contributed by atoms with van der Waals surface area (Å²) in [5, 5.41) is 20.7. The quantitative estimate of drug-likeness (QED) is 0.263. The van der Waals surface area contributed by atoms with E-state index in [1.165, 1.54) is 0 Å². The van der Waals surface area contributed by atoms with E-state index in [1.807, 2.05) is 27.8 Å². The van der Waals surface area contributed by atoms with Crippen LogP contribution in [0.25, 0.3) is 0 Å². The lowest BCUT2D eigenvalue weighted by atomic mass is 9.99. The smallest absolute Gasteiger partial charge is 0.140 e. The molecule has 0 aromatic heterocycles. The van der Waals surface area contributed by atoms with Gasteiger partial charge in [0.05, 0.1) is 6.61 Å². The van der Waals surface area contributed by atoms with E-state index in [9.17, 15) is 5.11 Å². The number of hydrogen-bond donors (Lipinski definition) is 3. The van der Waals surface area contributed by atoms with Crippen LogP contribution in [0.5, 0.6) is 0 Å². The molecular formula is C10H23N3O2. The standard InChI is InChI=1S/C10H23N3O2/c1-5-8(6-9(11)12-15)13(4)10(2,3)7-14/h8,14-15H,5-7H2,1-4H3,(H2,11,12). The van der Waals surface area contributed by atoms with E-state index in [2.05, 4.69) is 10.1 Å². The van der Waals surface area contributed by atoms with E-state index >= 15 is 0 Å². The van der Waals surface area contributed by atoms with Gasteiger partial charge in [-0.25, -0.2) is 0 Å². The summed E-state index contributed by atoms with van der Waals surface area (Å²) >= 11 is 0. The first-order valence-corrected chi connectivity index (χ1v) is 5.19. The molecule has 0 aromatic carbocycles. The highest BCUT2D eigenvalue weighted by Crippen LogP contribution is 2.18. The van der Waals surface area contributed by atoms with Crippen molar-refractivity contribution in [2.24, 2.45) is 10.9 Å². The number of amidine groups is 1. The number of aliphatic hydroxyl groups excluding tert-OH is 1. The van der Waals surface area contributed by atoms with Crippen LogP contribution in [0.4, 0.5) is 0 Å². The maximum atomic E-state index is 9.25. The zero-order chi connectivity index (χ0) is 12.1. The topological polar surface area (TPSA) is 82.1 Å². The molecule has 0 saturated carbocycles. The van der Waals surface area contributed by atoms with Crippen molar-refractivity contribution in [1.82, 2.24) is 4.90 Å². The second-order valence-electron chi connectivity index (χ2n) is 4.44. The minimum absolute atomic E-state index is 0.0795. The molecule has 0 aliphatic heterocycles. The molecule has 0 saturated heterocycles. The Balaban J connectivity index is 4.54. The molecule has 0 aliphatic carbocycles. The highest BCUT2D eigenvalue weighted by molar-refractivity contribution is 5.80. The van der Waals surface area contributed by atoms with Gasteiger partial charge in [0.15, 0.2) is 0 Å². The van der Waals surface area contributed by atoms with Crippen molar-refractivity contribution < 1.29 is 10.3 Å². The fourth-order valence-corrected chi connectivity index (χ4v) is 1.44. The van der Waals surface area contributed by atoms with E-state index in [4.69, 9.17) is 10.9 Å². The van der Waals surface area contributed by atoms with Crippen LogP contribution in [0.2, 0.25) is 0 Å². The molecule has 0 rings (SSSR count). The van der Waals surface area contributed by atoms with Gasteiger partial charge in [0.1, 0.15) is 5.84 Å². The second-order valence-corrected chi connectivity index (χ2v) is 4.44. The normalized spacial score (nSPS) is 15.7. The van der Waals surface area contributed by atoms with Crippen LogP contribution in [0.1, 0.15) is 33.6 Å². The summed E-state index contributed by atoms with van der Waals surface area (Å²) in [6.45, 7) is 6.04. The summed E-state index contributed by atoms with van der Waals surface area (Å²) in [7, 11) is 1.94. The first kappa shape index (κ1) is 14.2. The molecule has 5 nitrogen and oxygen atoms in total. The Hall–Kier alpha value is -0.810. The summed E-state index contributed by atoms with van der Waals surface area (Å²) < 4.78 is 0. The van der Waals surface area contributed by atoms with Crippen molar-refractivity contribution in [2.75, 3.05) is 13.7 Å². The zero-order valence-corrected chi connectivity index (χ0v) is 10.1. The Morgan fingerprint density at radius 1 is 1.53 bits per heavy atom. The summed E-state index contributed by atoms with van der Waals surface area (Å²) in [4.78, 5) is 2.06. The summed E-state index contributed by atoms with van der Waals surface area (Å²) in [6, 6.07) is 0.169. The Morgan fingerprint density at radius 3 is 2.40 bits per heavy atom. The van der Waals surface area contributed by atoms with Crippen molar-refractivity contribution in [1.29, 1.82) is 0 Å². The van der Waals surface area contributed by atoms with E-state index in [-0.39, 0.29) is 24.0 Å². The SMILES string of the molecule is CCC(CC(N)=NO)N(C)C(C)(C)CO. The van der Waals surface area contributed by atoms with Gasteiger partial charge in [0.25, 0.3) is 0 Å². The van der Waals surface area contributed by atoms with Gasteiger partial charge in [0.2, 0.25) is 0 Å². The molecule has 0 fully saturated rings. The molecule has 0 radical (unpaired) electrons. The van der Waals surface area contributed by atoms with Crippen molar-refractivity contribution >= 4 is 5.84 Å². The zero-order valence-electron chi connectivity index (χ0n) is 10.1. The molecule has 1 unspecified atom stereocenters. The molecule has 0 aliphatic rings. The second kappa shape index (κ2) is 5.92. The molecule has 0 bridgehead atoms. The summed E-state index contributed by atoms with van der Waals surface area (Å²) in [6.07, 6.45) is 1.39. The number of likely N-dealkylation sites (N-methyl/N-ethyl adjacent to an activating group) is 1. The van der Waals surface area contributed by atoms with Crippen LogP contribution < -0.4 is 5.73 Å². The number of hydrogen-bond acceptors (Lipinski definition) is 4. The van der Waals surface area contributed by atoms with Crippen LogP contribution in [-0.2, 0) is 0 Å². The highest BCUT2D eigenvalue weighted by atomic mass is 16.4. The first-order valence-electron chi connectivity index (χ1n) is 5.19. The largest absolute Gasteiger partial charge is 0.409 e. The maximum absolute atomic E-state index is 9.25. The van der Waals surface area contributed by atoms with Gasteiger partial charge >= 0.3 is 0 Å². The number of oxime groups is 1. The molecular weight excluding hydrogens is 194 g/mol. The Labute approximate surface area is 91.6 Å². The predicted octanol–water partition coefficient (Wildman–Crippen LogP) is 0.604. The molecule has 90 valence electrons. The van der Waals surface area contributed by atoms with Crippen molar-refractivity contribution in [3.05, 3.63) is 0 Å². The fourth-order valence-electron chi connectivity index (χ4n) is 1.44. The third-order valence-electron chi connectivity index (χ3n) is 2.93. The van der Waals surface area contributed by atoms with Crippen molar-refractivity contribution in [3.63, 3.8) is 0 Å². The van der Waals surface area contributed by atoms with Gasteiger partial charge in [-0.2, -0.15) is 0 Å². The van der Waals surface area contributed by atoms with Gasteiger partial charge in [-0.1, -0.05) is 12.1 Å². The number of rotatable bonds is 6. The third kappa shape index (κ3) is 4.05. The van der Waals surface area contributed by atoms with Gasteiger partial charge in [0, 0.05) is 18.0 Å². The number of nitrogens with two attached hydrogens (primary N) is 1. The molecule has 1 atom stereocenters. The third-order valence-corrected chi connectivity index (χ3v) is 2.93. The van der Waals surface area contributed by atoms with Gasteiger partial charge in [-0.15, -0.1) is 0 Å². The minimum Gasteiger partial charge on any atom is -0.409 e. The van der Waals surface area contributed by atoms with Crippen LogP contribution >= 0.6 is 0 Å². The van der Waals surface area contributed by atoms with Crippen LogP contribution in [0.15, 0.2) is 5.16 Å². The lowest BCUT2D eigenvalue weighted by molar-refractivity contribution is 0.0454. The van der Waals surface area contributed by atoms with Crippen LogP contribution in [0, 0.1) is 0 Å². The summed E-state index contributed by atoms with van der Waals surface area (Å²) in [5.41, 5.74) is 5.19. The first-order chi connectivity index (χ1) is 6.88. The van der Waals surface area contributed by atoms with Crippen LogP contribution in [-0.4, -0.2) is 46.3 Å². The van der Waals surface area contributed by atoms with E-state index in [0.29, 0.717) is 6.42 Å². The Kier molecular flexibility index (Phi) is 5.60. The molecule has 0 aromatic rings.